The average Bonchev–Trinajstić information content (AvgIpc) is 2.19. The summed E-state index contributed by atoms with van der Waals surface area (Å²) in [7, 11) is 0. The molecule has 1 aromatic carbocycles. The number of nitrogens with one attached hydrogen (secondary N) is 1. The van der Waals surface area contributed by atoms with E-state index in [1.165, 1.54) is 18.2 Å². The molecule has 2 aromatic rings. The molecule has 16 heavy (non-hydrogen) atoms. The third-order valence-electron chi connectivity index (χ3n) is 2.43. The van der Waals surface area contributed by atoms with Crippen molar-refractivity contribution in [3.63, 3.8) is 0 Å². The van der Waals surface area contributed by atoms with Crippen molar-refractivity contribution < 1.29 is 4.39 Å². The van der Waals surface area contributed by atoms with E-state index < -0.39 is 17.1 Å². The fraction of sp³-hybridized carbons (Fsp3) is 0.273. The Morgan fingerprint density at radius 2 is 2.00 bits per heavy atom. The molecule has 0 spiro atoms. The molecule has 4 nitrogen and oxygen atoms in total. The number of nitrogens with zero attached hydrogens (tertiary/aromatic N) is 1. The molecule has 1 heterocycles. The van der Waals surface area contributed by atoms with Gasteiger partial charge in [-0.2, -0.15) is 0 Å². The van der Waals surface area contributed by atoms with E-state index in [1.54, 1.807) is 13.8 Å². The summed E-state index contributed by atoms with van der Waals surface area (Å²) in [5.41, 5.74) is -1.08. The molecule has 0 aliphatic rings. The summed E-state index contributed by atoms with van der Waals surface area (Å²) in [5, 5.41) is 0.188. The van der Waals surface area contributed by atoms with Crippen LogP contribution in [0.5, 0.6) is 0 Å². The van der Waals surface area contributed by atoms with E-state index in [-0.39, 0.29) is 16.9 Å². The minimum absolute atomic E-state index is 0.0330. The van der Waals surface area contributed by atoms with Crippen molar-refractivity contribution >= 4 is 10.9 Å². The smallest absolute Gasteiger partial charge is 0.304 e. The second-order valence-corrected chi connectivity index (χ2v) is 3.86. The predicted octanol–water partition coefficient (Wildman–Crippen LogP) is 1.41. The third kappa shape index (κ3) is 1.44. The minimum Gasteiger partial charge on any atom is -0.304 e. The molecular weight excluding hydrogens is 211 g/mol. The number of rotatable bonds is 1. The Bertz CT molecular complexity index is 655. The highest BCUT2D eigenvalue weighted by atomic mass is 19.1. The van der Waals surface area contributed by atoms with E-state index in [0.29, 0.717) is 0 Å². The van der Waals surface area contributed by atoms with Gasteiger partial charge in [-0.05, 0) is 26.0 Å². The standard InChI is InChI=1S/C11H11FN2O2/c1-6(2)14-10(15)7-4-3-5-8(12)9(7)13-11(14)16/h3-6H,1-2H3,(H,13,16). The van der Waals surface area contributed by atoms with Crippen LogP contribution >= 0.6 is 0 Å². The van der Waals surface area contributed by atoms with Gasteiger partial charge in [-0.1, -0.05) is 6.07 Å². The van der Waals surface area contributed by atoms with E-state index in [0.717, 1.165) is 4.57 Å². The molecule has 0 aliphatic carbocycles. The quantitative estimate of drug-likeness (QED) is 0.793. The summed E-state index contributed by atoms with van der Waals surface area (Å²) in [6, 6.07) is 3.89. The van der Waals surface area contributed by atoms with Crippen LogP contribution < -0.4 is 11.2 Å². The maximum Gasteiger partial charge on any atom is 0.329 e. The lowest BCUT2D eigenvalue weighted by Gasteiger charge is -2.09. The van der Waals surface area contributed by atoms with Crippen LogP contribution in [0.1, 0.15) is 19.9 Å². The molecular formula is C11H11FN2O2. The van der Waals surface area contributed by atoms with Gasteiger partial charge in [-0.15, -0.1) is 0 Å². The Kier molecular flexibility index (Phi) is 2.38. The first-order chi connectivity index (χ1) is 7.52. The highest BCUT2D eigenvalue weighted by molar-refractivity contribution is 5.77. The monoisotopic (exact) mass is 222 g/mol. The molecule has 84 valence electrons. The van der Waals surface area contributed by atoms with E-state index in [2.05, 4.69) is 4.98 Å². The van der Waals surface area contributed by atoms with Crippen molar-refractivity contribution in [2.24, 2.45) is 0 Å². The molecule has 0 aliphatic heterocycles. The molecule has 1 aromatic heterocycles. The third-order valence-corrected chi connectivity index (χ3v) is 2.43. The Hall–Kier alpha value is -1.91. The summed E-state index contributed by atoms with van der Waals surface area (Å²) in [6.45, 7) is 3.45. The number of aromatic amines is 1. The Balaban J connectivity index is 3.01. The van der Waals surface area contributed by atoms with Crippen LogP contribution in [0.3, 0.4) is 0 Å². The summed E-state index contributed by atoms with van der Waals surface area (Å²) >= 11 is 0. The van der Waals surface area contributed by atoms with Gasteiger partial charge in [-0.25, -0.2) is 9.18 Å². The van der Waals surface area contributed by atoms with Crippen LogP contribution in [-0.2, 0) is 0 Å². The van der Waals surface area contributed by atoms with Crippen LogP contribution in [-0.4, -0.2) is 9.55 Å². The lowest BCUT2D eigenvalue weighted by molar-refractivity contribution is 0.549. The summed E-state index contributed by atoms with van der Waals surface area (Å²) < 4.78 is 14.4. The first-order valence-corrected chi connectivity index (χ1v) is 4.95. The largest absolute Gasteiger partial charge is 0.329 e. The fourth-order valence-electron chi connectivity index (χ4n) is 1.69. The second kappa shape index (κ2) is 3.59. The average molecular weight is 222 g/mol. The first kappa shape index (κ1) is 10.6. The van der Waals surface area contributed by atoms with Crippen LogP contribution in [0.15, 0.2) is 27.8 Å². The van der Waals surface area contributed by atoms with Crippen molar-refractivity contribution in [1.29, 1.82) is 0 Å². The van der Waals surface area contributed by atoms with Crippen LogP contribution in [0.25, 0.3) is 10.9 Å². The van der Waals surface area contributed by atoms with Crippen molar-refractivity contribution in [3.8, 4) is 0 Å². The van der Waals surface area contributed by atoms with Crippen molar-refractivity contribution in [1.82, 2.24) is 9.55 Å². The van der Waals surface area contributed by atoms with E-state index in [1.807, 2.05) is 0 Å². The fourth-order valence-corrected chi connectivity index (χ4v) is 1.69. The predicted molar refractivity (Wildman–Crippen MR) is 59.2 cm³/mol. The Morgan fingerprint density at radius 1 is 1.31 bits per heavy atom. The minimum atomic E-state index is -0.595. The maximum atomic E-state index is 13.4. The lowest BCUT2D eigenvalue weighted by atomic mass is 10.2. The number of fused-ring (bicyclic) bond motifs is 1. The van der Waals surface area contributed by atoms with Gasteiger partial charge in [0.05, 0.1) is 10.9 Å². The lowest BCUT2D eigenvalue weighted by Crippen LogP contribution is -2.36. The normalized spacial score (nSPS) is 11.2. The Labute approximate surface area is 90.3 Å². The molecule has 0 atom stereocenters. The van der Waals surface area contributed by atoms with E-state index in [9.17, 15) is 14.0 Å². The molecule has 0 saturated carbocycles. The van der Waals surface area contributed by atoms with Gasteiger partial charge in [0.25, 0.3) is 5.56 Å². The zero-order valence-corrected chi connectivity index (χ0v) is 8.95. The summed E-state index contributed by atoms with van der Waals surface area (Å²) in [4.78, 5) is 25.9. The highest BCUT2D eigenvalue weighted by Gasteiger charge is 2.11. The van der Waals surface area contributed by atoms with Crippen molar-refractivity contribution in [3.05, 3.63) is 44.9 Å². The number of H-pyrrole nitrogens is 1. The molecule has 0 saturated heterocycles. The van der Waals surface area contributed by atoms with Gasteiger partial charge in [0.2, 0.25) is 0 Å². The summed E-state index contributed by atoms with van der Waals surface area (Å²) in [6.07, 6.45) is 0. The molecule has 0 amide bonds. The van der Waals surface area contributed by atoms with Crippen molar-refractivity contribution in [2.45, 2.75) is 19.9 Å². The second-order valence-electron chi connectivity index (χ2n) is 3.86. The Morgan fingerprint density at radius 3 is 2.62 bits per heavy atom. The molecule has 5 heteroatoms. The molecule has 0 radical (unpaired) electrons. The number of hydrogen-bond donors (Lipinski definition) is 1. The zero-order chi connectivity index (χ0) is 11.9. The molecule has 2 rings (SSSR count). The van der Waals surface area contributed by atoms with E-state index in [4.69, 9.17) is 0 Å². The topological polar surface area (TPSA) is 54.9 Å². The number of hydrogen-bond acceptors (Lipinski definition) is 2. The summed E-state index contributed by atoms with van der Waals surface area (Å²) in [5.74, 6) is -0.595. The SMILES string of the molecule is CC(C)n1c(=O)[nH]c2c(F)cccc2c1=O. The molecule has 1 N–H and O–H groups in total. The van der Waals surface area contributed by atoms with Crippen molar-refractivity contribution in [2.75, 3.05) is 0 Å². The maximum absolute atomic E-state index is 13.4. The number of benzene rings is 1. The number of aromatic nitrogens is 2. The van der Waals surface area contributed by atoms with Gasteiger partial charge < -0.3 is 4.98 Å². The molecule has 0 fully saturated rings. The van der Waals surface area contributed by atoms with Gasteiger partial charge in [0.1, 0.15) is 5.82 Å². The molecule has 0 unspecified atom stereocenters. The van der Waals surface area contributed by atoms with Gasteiger partial charge in [0, 0.05) is 6.04 Å². The molecule has 0 bridgehead atoms. The highest BCUT2D eigenvalue weighted by Crippen LogP contribution is 2.10. The van der Waals surface area contributed by atoms with Crippen LogP contribution in [0, 0.1) is 5.82 Å². The van der Waals surface area contributed by atoms with Gasteiger partial charge in [0.15, 0.2) is 0 Å². The number of halogens is 1. The number of para-hydroxylation sites is 1. The van der Waals surface area contributed by atoms with Gasteiger partial charge in [-0.3, -0.25) is 9.36 Å². The van der Waals surface area contributed by atoms with Gasteiger partial charge >= 0.3 is 5.69 Å². The zero-order valence-electron chi connectivity index (χ0n) is 8.95. The van der Waals surface area contributed by atoms with Crippen LogP contribution in [0.2, 0.25) is 0 Å². The van der Waals surface area contributed by atoms with Crippen LogP contribution in [0.4, 0.5) is 4.39 Å². The van der Waals surface area contributed by atoms with E-state index >= 15 is 0 Å². The first-order valence-electron chi connectivity index (χ1n) is 4.95.